The first-order chi connectivity index (χ1) is 15.5. The number of nitrogens with zero attached hydrogens (tertiary/aromatic N) is 3. The van der Waals surface area contributed by atoms with Crippen molar-refractivity contribution < 1.29 is 23.9 Å². The van der Waals surface area contributed by atoms with Gasteiger partial charge in [0.15, 0.2) is 0 Å². The van der Waals surface area contributed by atoms with Crippen molar-refractivity contribution in [2.24, 2.45) is 23.7 Å². The molecule has 1 saturated heterocycles. The van der Waals surface area contributed by atoms with Crippen LogP contribution in [0, 0.1) is 23.7 Å². The van der Waals surface area contributed by atoms with Crippen LogP contribution in [0.1, 0.15) is 27.2 Å². The Kier molecular flexibility index (Phi) is 5.81. The van der Waals surface area contributed by atoms with E-state index in [4.69, 9.17) is 4.74 Å². The third-order valence-electron chi connectivity index (χ3n) is 6.04. The number of likely N-dealkylation sites (tertiary alicyclic amines) is 1. The Hall–Kier alpha value is -3.50. The van der Waals surface area contributed by atoms with Crippen LogP contribution < -0.4 is 16.3 Å². The lowest BCUT2D eigenvalue weighted by atomic mass is 9.85. The Morgan fingerprint density at radius 3 is 2.33 bits per heavy atom. The van der Waals surface area contributed by atoms with Crippen molar-refractivity contribution >= 4 is 29.6 Å². The zero-order chi connectivity index (χ0) is 23.9. The number of anilines is 1. The van der Waals surface area contributed by atoms with E-state index < -0.39 is 23.3 Å². The maximum Gasteiger partial charge on any atom is 0.413 e. The van der Waals surface area contributed by atoms with Gasteiger partial charge in [0.1, 0.15) is 18.0 Å². The van der Waals surface area contributed by atoms with Crippen molar-refractivity contribution in [3.05, 3.63) is 34.9 Å². The number of aromatic nitrogens is 2. The molecular weight excluding hydrogens is 430 g/mol. The van der Waals surface area contributed by atoms with E-state index in [1.165, 1.54) is 17.2 Å². The van der Waals surface area contributed by atoms with Crippen LogP contribution in [0.2, 0.25) is 0 Å². The predicted octanol–water partition coefficient (Wildman–Crippen LogP) is 0.514. The SMILES string of the molecule is CC(C)(C)OC(=O)Nc1ccn(CC(=O)NCCN2C(=O)[C@@H]3[C@H](C2=O)[C@H]2C=C[C@@H]3C2)c(=O)n1. The van der Waals surface area contributed by atoms with Crippen LogP contribution in [0.25, 0.3) is 0 Å². The van der Waals surface area contributed by atoms with Gasteiger partial charge in [0.05, 0.1) is 11.8 Å². The third-order valence-corrected chi connectivity index (χ3v) is 6.04. The molecule has 4 atom stereocenters. The highest BCUT2D eigenvalue weighted by molar-refractivity contribution is 6.06. The Morgan fingerprint density at radius 2 is 1.76 bits per heavy atom. The number of imide groups is 1. The molecule has 1 saturated carbocycles. The van der Waals surface area contributed by atoms with Crippen LogP contribution in [0.3, 0.4) is 0 Å². The average molecular weight is 457 g/mol. The molecule has 2 N–H and O–H groups in total. The Balaban J connectivity index is 1.26. The highest BCUT2D eigenvalue weighted by Crippen LogP contribution is 2.52. The summed E-state index contributed by atoms with van der Waals surface area (Å²) in [4.78, 5) is 66.5. The predicted molar refractivity (Wildman–Crippen MR) is 116 cm³/mol. The maximum absolute atomic E-state index is 12.6. The van der Waals surface area contributed by atoms with Gasteiger partial charge in [-0.05, 0) is 45.1 Å². The fourth-order valence-corrected chi connectivity index (χ4v) is 4.73. The van der Waals surface area contributed by atoms with Crippen LogP contribution in [0.15, 0.2) is 29.2 Å². The fraction of sp³-hybridized carbons (Fsp3) is 0.545. The maximum atomic E-state index is 12.6. The molecule has 4 amide bonds. The lowest BCUT2D eigenvalue weighted by Crippen LogP contribution is -2.41. The molecule has 11 heteroatoms. The molecule has 0 radical (unpaired) electrons. The Bertz CT molecular complexity index is 1060. The van der Waals surface area contributed by atoms with Crippen molar-refractivity contribution in [1.29, 1.82) is 0 Å². The van der Waals surface area contributed by atoms with Crippen molar-refractivity contribution in [2.75, 3.05) is 18.4 Å². The monoisotopic (exact) mass is 457 g/mol. The zero-order valence-corrected chi connectivity index (χ0v) is 18.7. The second-order valence-electron chi connectivity index (χ2n) is 9.53. The minimum atomic E-state index is -0.746. The first-order valence-corrected chi connectivity index (χ1v) is 10.9. The molecule has 1 aliphatic heterocycles. The Labute approximate surface area is 190 Å². The lowest BCUT2D eigenvalue weighted by Gasteiger charge is -2.19. The number of hydrogen-bond donors (Lipinski definition) is 2. The number of carbonyl (C=O) groups is 4. The van der Waals surface area contributed by atoms with E-state index in [9.17, 15) is 24.0 Å². The summed E-state index contributed by atoms with van der Waals surface area (Å²) in [5.41, 5.74) is -1.42. The van der Waals surface area contributed by atoms with Gasteiger partial charge in [-0.3, -0.25) is 29.2 Å². The highest BCUT2D eigenvalue weighted by Gasteiger charge is 2.58. The second-order valence-corrected chi connectivity index (χ2v) is 9.53. The number of nitrogens with one attached hydrogen (secondary N) is 2. The number of hydrogen-bond acceptors (Lipinski definition) is 7. The summed E-state index contributed by atoms with van der Waals surface area (Å²) in [5.74, 6) is -1.03. The first-order valence-electron chi connectivity index (χ1n) is 10.9. The normalized spacial score (nSPS) is 25.4. The van der Waals surface area contributed by atoms with E-state index >= 15 is 0 Å². The van der Waals surface area contributed by atoms with Crippen LogP contribution in [-0.4, -0.2) is 57.0 Å². The minimum Gasteiger partial charge on any atom is -0.444 e. The van der Waals surface area contributed by atoms with Gasteiger partial charge in [0.25, 0.3) is 0 Å². The summed E-state index contributed by atoms with van der Waals surface area (Å²) in [6.07, 6.45) is 5.51. The minimum absolute atomic E-state index is 0.00553. The molecule has 0 aromatic carbocycles. The number of fused-ring (bicyclic) bond motifs is 5. The molecule has 2 aliphatic carbocycles. The van der Waals surface area contributed by atoms with E-state index in [-0.39, 0.29) is 60.9 Å². The van der Waals surface area contributed by atoms with Crippen LogP contribution in [0.4, 0.5) is 10.6 Å². The van der Waals surface area contributed by atoms with Crippen LogP contribution in [0.5, 0.6) is 0 Å². The molecule has 4 rings (SSSR count). The molecule has 2 bridgehead atoms. The molecule has 2 fully saturated rings. The van der Waals surface area contributed by atoms with Gasteiger partial charge >= 0.3 is 11.8 Å². The van der Waals surface area contributed by atoms with Gasteiger partial charge in [0, 0.05) is 19.3 Å². The highest BCUT2D eigenvalue weighted by atomic mass is 16.6. The van der Waals surface area contributed by atoms with Gasteiger partial charge in [0.2, 0.25) is 17.7 Å². The number of allylic oxidation sites excluding steroid dienone is 2. The molecular formula is C22H27N5O6. The van der Waals surface area contributed by atoms with E-state index in [1.807, 2.05) is 12.2 Å². The number of carbonyl (C=O) groups excluding carboxylic acids is 4. The standard InChI is InChI=1S/C22H27N5O6/c1-22(2,3)33-21(32)25-14-6-8-26(20(31)24-14)11-15(28)23-7-9-27-18(29)16-12-4-5-13(10-12)17(16)19(27)30/h4-6,8,12-13,16-17H,7,9-11H2,1-3H3,(H,23,28)(H,24,25,31,32)/t12-,13+,16+,17-. The number of ether oxygens (including phenoxy) is 1. The van der Waals surface area contributed by atoms with Gasteiger partial charge in [-0.15, -0.1) is 0 Å². The van der Waals surface area contributed by atoms with Crippen molar-refractivity contribution in [1.82, 2.24) is 19.8 Å². The summed E-state index contributed by atoms with van der Waals surface area (Å²) in [6, 6.07) is 1.38. The Morgan fingerprint density at radius 1 is 1.12 bits per heavy atom. The van der Waals surface area contributed by atoms with E-state index in [0.29, 0.717) is 0 Å². The van der Waals surface area contributed by atoms with E-state index in [1.54, 1.807) is 20.8 Å². The largest absolute Gasteiger partial charge is 0.444 e. The molecule has 3 aliphatic rings. The van der Waals surface area contributed by atoms with Gasteiger partial charge in [-0.1, -0.05) is 12.2 Å². The van der Waals surface area contributed by atoms with Gasteiger partial charge < -0.3 is 10.1 Å². The van der Waals surface area contributed by atoms with Gasteiger partial charge in [-0.25, -0.2) is 9.59 Å². The summed E-state index contributed by atoms with van der Waals surface area (Å²) in [7, 11) is 0. The average Bonchev–Trinajstić information content (AvgIpc) is 3.38. The second kappa shape index (κ2) is 8.45. The molecule has 176 valence electrons. The molecule has 2 heterocycles. The van der Waals surface area contributed by atoms with E-state index in [0.717, 1.165) is 11.0 Å². The van der Waals surface area contributed by atoms with Crippen molar-refractivity contribution in [2.45, 2.75) is 39.3 Å². The van der Waals surface area contributed by atoms with Crippen LogP contribution >= 0.6 is 0 Å². The first kappa shape index (κ1) is 22.7. The third kappa shape index (κ3) is 4.67. The topological polar surface area (TPSA) is 140 Å². The molecule has 11 nitrogen and oxygen atoms in total. The van der Waals surface area contributed by atoms with E-state index in [2.05, 4.69) is 15.6 Å². The van der Waals surface area contributed by atoms with Gasteiger partial charge in [-0.2, -0.15) is 4.98 Å². The van der Waals surface area contributed by atoms with Crippen LogP contribution in [-0.2, 0) is 25.7 Å². The summed E-state index contributed by atoms with van der Waals surface area (Å²) >= 11 is 0. The van der Waals surface area contributed by atoms with Crippen molar-refractivity contribution in [3.8, 4) is 0 Å². The smallest absolute Gasteiger partial charge is 0.413 e. The molecule has 33 heavy (non-hydrogen) atoms. The number of amides is 4. The fourth-order valence-electron chi connectivity index (χ4n) is 4.73. The summed E-state index contributed by atoms with van der Waals surface area (Å²) in [5, 5.41) is 4.99. The zero-order valence-electron chi connectivity index (χ0n) is 18.7. The lowest BCUT2D eigenvalue weighted by molar-refractivity contribution is -0.141. The molecule has 1 aromatic heterocycles. The summed E-state index contributed by atoms with van der Waals surface area (Å²) < 4.78 is 6.18. The quantitative estimate of drug-likeness (QED) is 0.469. The van der Waals surface area contributed by atoms with Crippen molar-refractivity contribution in [3.63, 3.8) is 0 Å². The molecule has 1 aromatic rings. The molecule has 0 unspecified atom stereocenters. The number of rotatable bonds is 6. The molecule has 0 spiro atoms. The summed E-state index contributed by atoms with van der Waals surface area (Å²) in [6.45, 7) is 5.02.